The number of rotatable bonds is 14. The van der Waals surface area contributed by atoms with Crippen molar-refractivity contribution in [3.63, 3.8) is 0 Å². The van der Waals surface area contributed by atoms with Gasteiger partial charge < -0.3 is 23.8 Å². The lowest BCUT2D eigenvalue weighted by atomic mass is 9.78. The van der Waals surface area contributed by atoms with E-state index in [1.807, 2.05) is 67.6 Å². The van der Waals surface area contributed by atoms with Gasteiger partial charge in [-0.25, -0.2) is 4.79 Å². The average Bonchev–Trinajstić information content (AvgIpc) is 3.11. The Hall–Kier alpha value is -5.46. The molecule has 2 saturated carbocycles. The molecule has 0 saturated heterocycles. The minimum absolute atomic E-state index is 0.0769. The van der Waals surface area contributed by atoms with Crippen molar-refractivity contribution in [3.05, 3.63) is 103 Å². The number of azide groups is 3. The van der Waals surface area contributed by atoms with E-state index in [1.165, 1.54) is 0 Å². The van der Waals surface area contributed by atoms with Crippen LogP contribution in [-0.4, -0.2) is 71.5 Å². The maximum Gasteiger partial charge on any atom is 0.410 e. The summed E-state index contributed by atoms with van der Waals surface area (Å²) in [7, 11) is 0. The first kappa shape index (κ1) is 38.3. The fourth-order valence-electron chi connectivity index (χ4n) is 7.08. The fraction of sp³-hybridized carbons (Fsp3) is 0.559. The van der Waals surface area contributed by atoms with Gasteiger partial charge >= 0.3 is 18.0 Å². The van der Waals surface area contributed by atoms with E-state index in [4.69, 9.17) is 18.9 Å². The van der Waals surface area contributed by atoms with Crippen LogP contribution in [0.4, 0.5) is 4.79 Å². The molecule has 270 valence electrons. The summed E-state index contributed by atoms with van der Waals surface area (Å²) in [5.74, 6) is -1.62. The number of benzene rings is 2. The molecule has 2 aromatic carbocycles. The van der Waals surface area contributed by atoms with E-state index in [-0.39, 0.29) is 31.5 Å². The van der Waals surface area contributed by atoms with Crippen LogP contribution >= 0.6 is 0 Å². The summed E-state index contributed by atoms with van der Waals surface area (Å²) in [6.45, 7) is 4.68. The summed E-state index contributed by atoms with van der Waals surface area (Å²) in [5, 5.41) is 11.6. The average molecular weight is 703 g/mol. The Bertz CT molecular complexity index is 1630. The number of carbonyl (C=O) groups is 3. The number of hydrogen-bond donors (Lipinski definition) is 0. The van der Waals surface area contributed by atoms with Crippen LogP contribution in [0.1, 0.15) is 64.0 Å². The molecular weight excluding hydrogens is 660 g/mol. The summed E-state index contributed by atoms with van der Waals surface area (Å²) < 4.78 is 23.6. The lowest BCUT2D eigenvalue weighted by Gasteiger charge is -2.46. The van der Waals surface area contributed by atoms with Gasteiger partial charge in [0.25, 0.3) is 0 Å². The molecule has 2 aliphatic rings. The van der Waals surface area contributed by atoms with E-state index in [9.17, 15) is 31.0 Å². The molecule has 9 atom stereocenters. The highest BCUT2D eigenvalue weighted by molar-refractivity contribution is 5.68. The quantitative estimate of drug-likeness (QED) is 0.0632. The van der Waals surface area contributed by atoms with E-state index < -0.39 is 60.6 Å². The van der Waals surface area contributed by atoms with E-state index in [0.29, 0.717) is 25.7 Å². The summed E-state index contributed by atoms with van der Waals surface area (Å²) >= 11 is 0. The molecule has 0 unspecified atom stereocenters. The third kappa shape index (κ3) is 10.5. The molecule has 0 bridgehead atoms. The van der Waals surface area contributed by atoms with Crippen LogP contribution in [0.15, 0.2) is 76.0 Å². The zero-order valence-electron chi connectivity index (χ0n) is 28.7. The number of hydrogen-bond acceptors (Lipinski definition) is 10. The van der Waals surface area contributed by atoms with Gasteiger partial charge in [-0.05, 0) is 65.7 Å². The Balaban J connectivity index is 1.67. The summed E-state index contributed by atoms with van der Waals surface area (Å²) in [6.07, 6.45) is -3.23. The topological polar surface area (TPSA) is 238 Å². The summed E-state index contributed by atoms with van der Waals surface area (Å²) in [5.41, 5.74) is 29.9. The first-order valence-electron chi connectivity index (χ1n) is 16.8. The van der Waals surface area contributed by atoms with Crippen molar-refractivity contribution < 1.29 is 33.3 Å². The summed E-state index contributed by atoms with van der Waals surface area (Å²) in [4.78, 5) is 48.9. The third-order valence-corrected chi connectivity index (χ3v) is 9.22. The molecule has 0 radical (unpaired) electrons. The standard InChI is InChI=1S/C34H42N10O7/c1-4-29(44(19-23-11-7-5-8-12-23)34(47)48-20-24-13-9-6-10-14-24)25-15-16-26(38-41-35)30(17-25)51-32-28(40-43-37)18-27(39-42-36)31(49-21(2)45)33(32)50-22(3)46/h5-14,25-33H,4,15-20H2,1-3H3/t25-,26-,27-,28+,29+,30+,31+,32-,33-/m1/s1. The number of esters is 2. The lowest BCUT2D eigenvalue weighted by Crippen LogP contribution is -2.60. The Labute approximate surface area is 295 Å². The van der Waals surface area contributed by atoms with Crippen molar-refractivity contribution >= 4 is 18.0 Å². The largest absolute Gasteiger partial charge is 0.458 e. The molecule has 0 heterocycles. The smallest absolute Gasteiger partial charge is 0.410 e. The number of amides is 1. The maximum absolute atomic E-state index is 13.8. The van der Waals surface area contributed by atoms with Gasteiger partial charge in [0.2, 0.25) is 0 Å². The molecule has 0 aromatic heterocycles. The first-order valence-corrected chi connectivity index (χ1v) is 16.8. The highest BCUT2D eigenvalue weighted by atomic mass is 16.6. The van der Waals surface area contributed by atoms with Crippen molar-refractivity contribution in [2.45, 2.75) is 115 Å². The van der Waals surface area contributed by atoms with Crippen LogP contribution in [0.25, 0.3) is 31.3 Å². The van der Waals surface area contributed by atoms with Crippen molar-refractivity contribution in [2.75, 3.05) is 0 Å². The van der Waals surface area contributed by atoms with Crippen LogP contribution in [0, 0.1) is 5.92 Å². The van der Waals surface area contributed by atoms with Gasteiger partial charge in [-0.2, -0.15) is 0 Å². The Kier molecular flexibility index (Phi) is 14.3. The van der Waals surface area contributed by atoms with Gasteiger partial charge in [-0.15, -0.1) is 0 Å². The lowest BCUT2D eigenvalue weighted by molar-refractivity contribution is -0.200. The molecule has 0 spiro atoms. The van der Waals surface area contributed by atoms with Gasteiger partial charge in [-0.3, -0.25) is 9.59 Å². The molecule has 17 heteroatoms. The molecule has 2 fully saturated rings. The monoisotopic (exact) mass is 702 g/mol. The molecule has 17 nitrogen and oxygen atoms in total. The Morgan fingerprint density at radius 1 is 0.765 bits per heavy atom. The fourth-order valence-corrected chi connectivity index (χ4v) is 7.08. The second-order valence-electron chi connectivity index (χ2n) is 12.5. The molecular formula is C34H42N10O7. The molecule has 0 aliphatic heterocycles. The number of ether oxygens (including phenoxy) is 4. The van der Waals surface area contributed by atoms with E-state index in [1.54, 1.807) is 4.90 Å². The molecule has 2 aliphatic carbocycles. The van der Waals surface area contributed by atoms with Crippen molar-refractivity contribution in [3.8, 4) is 0 Å². The normalized spacial score (nSPS) is 26.1. The number of carbonyl (C=O) groups excluding carboxylic acids is 3. The van der Waals surface area contributed by atoms with Gasteiger partial charge in [0, 0.05) is 41.2 Å². The molecule has 1 amide bonds. The Morgan fingerprint density at radius 3 is 1.88 bits per heavy atom. The van der Waals surface area contributed by atoms with Gasteiger partial charge in [-0.1, -0.05) is 82.9 Å². The second-order valence-corrected chi connectivity index (χ2v) is 12.5. The van der Waals surface area contributed by atoms with Crippen LogP contribution in [0.3, 0.4) is 0 Å². The van der Waals surface area contributed by atoms with Gasteiger partial charge in [0.15, 0.2) is 6.10 Å². The molecule has 51 heavy (non-hydrogen) atoms. The van der Waals surface area contributed by atoms with Gasteiger partial charge in [0.1, 0.15) is 18.8 Å². The van der Waals surface area contributed by atoms with Crippen molar-refractivity contribution in [1.82, 2.24) is 4.90 Å². The molecule has 4 rings (SSSR count). The minimum Gasteiger partial charge on any atom is -0.458 e. The van der Waals surface area contributed by atoms with Gasteiger partial charge in [0.05, 0.1) is 24.2 Å². The van der Waals surface area contributed by atoms with Crippen molar-refractivity contribution in [2.24, 2.45) is 21.3 Å². The zero-order valence-corrected chi connectivity index (χ0v) is 28.7. The minimum atomic E-state index is -1.33. The van der Waals surface area contributed by atoms with E-state index >= 15 is 0 Å². The van der Waals surface area contributed by atoms with Crippen molar-refractivity contribution in [1.29, 1.82) is 0 Å². The predicted molar refractivity (Wildman–Crippen MR) is 183 cm³/mol. The van der Waals surface area contributed by atoms with E-state index in [2.05, 4.69) is 30.1 Å². The molecule has 0 N–H and O–H groups in total. The Morgan fingerprint density at radius 2 is 1.31 bits per heavy atom. The predicted octanol–water partition coefficient (Wildman–Crippen LogP) is 7.46. The molecule has 2 aromatic rings. The zero-order chi connectivity index (χ0) is 36.8. The van der Waals surface area contributed by atoms with Crippen LogP contribution in [-0.2, 0) is 41.7 Å². The highest BCUT2D eigenvalue weighted by Gasteiger charge is 2.51. The first-order chi connectivity index (χ1) is 24.7. The number of nitrogens with zero attached hydrogens (tertiary/aromatic N) is 10. The SMILES string of the molecule is CC[C@@H]([C@@H]1CC[C@@H](N=[N+]=[N-])[C@@H](O[C@H]2[C@H](OC(C)=O)[C@@H](OC(C)=O)[C@H](N=[N+]=[N-])C[C@@H]2N=[N+]=[N-])C1)N(Cc1ccccc1)C(=O)OCc1ccccc1. The van der Waals surface area contributed by atoms with E-state index in [0.717, 1.165) is 25.0 Å². The third-order valence-electron chi connectivity index (χ3n) is 9.22. The van der Waals surface area contributed by atoms with Crippen LogP contribution in [0.5, 0.6) is 0 Å². The summed E-state index contributed by atoms with van der Waals surface area (Å²) in [6, 6.07) is 15.9. The van der Waals surface area contributed by atoms with Crippen LogP contribution < -0.4 is 0 Å². The van der Waals surface area contributed by atoms with Crippen LogP contribution in [0.2, 0.25) is 0 Å². The maximum atomic E-state index is 13.8. The highest BCUT2D eigenvalue weighted by Crippen LogP contribution is 2.39. The second kappa shape index (κ2) is 19.1.